The number of rotatable bonds is 7. The molecule has 0 radical (unpaired) electrons. The SMILES string of the molecule is CCOC(=O)Cc1noc2cc(OCCNC(=O)OC(C)(C)C)ccc12. The number of nitrogens with zero attached hydrogens (tertiary/aromatic N) is 1. The van der Waals surface area contributed by atoms with Crippen LogP contribution in [-0.4, -0.2) is 42.6 Å². The quantitative estimate of drug-likeness (QED) is 0.595. The molecule has 1 heterocycles. The van der Waals surface area contributed by atoms with Gasteiger partial charge in [-0.3, -0.25) is 4.79 Å². The molecule has 0 spiro atoms. The van der Waals surface area contributed by atoms with Crippen molar-refractivity contribution < 1.29 is 28.3 Å². The van der Waals surface area contributed by atoms with Gasteiger partial charge in [-0.1, -0.05) is 5.16 Å². The minimum absolute atomic E-state index is 0.0564. The largest absolute Gasteiger partial charge is 0.492 e. The fraction of sp³-hybridized carbons (Fsp3) is 0.500. The lowest BCUT2D eigenvalue weighted by Gasteiger charge is -2.19. The number of benzene rings is 1. The molecule has 2 rings (SSSR count). The highest BCUT2D eigenvalue weighted by Gasteiger charge is 2.16. The molecule has 0 aliphatic carbocycles. The summed E-state index contributed by atoms with van der Waals surface area (Å²) in [5.74, 6) is 0.221. The Kier molecular flexibility index (Phi) is 6.43. The van der Waals surface area contributed by atoms with Crippen LogP contribution in [0.3, 0.4) is 0 Å². The Morgan fingerprint density at radius 2 is 2.04 bits per heavy atom. The Bertz CT molecular complexity index is 763. The summed E-state index contributed by atoms with van der Waals surface area (Å²) in [4.78, 5) is 23.1. The molecule has 2 aromatic rings. The summed E-state index contributed by atoms with van der Waals surface area (Å²) in [6.45, 7) is 8.04. The van der Waals surface area contributed by atoms with Gasteiger partial charge < -0.3 is 24.1 Å². The number of hydrogen-bond acceptors (Lipinski definition) is 7. The lowest BCUT2D eigenvalue weighted by atomic mass is 10.1. The molecule has 0 saturated heterocycles. The molecule has 0 aliphatic heterocycles. The van der Waals surface area contributed by atoms with E-state index in [9.17, 15) is 9.59 Å². The number of carbonyl (C=O) groups excluding carboxylic acids is 2. The van der Waals surface area contributed by atoms with Crippen LogP contribution in [0.1, 0.15) is 33.4 Å². The molecule has 1 aromatic heterocycles. The monoisotopic (exact) mass is 364 g/mol. The summed E-state index contributed by atoms with van der Waals surface area (Å²) in [5, 5.41) is 7.25. The predicted molar refractivity (Wildman–Crippen MR) is 94.1 cm³/mol. The van der Waals surface area contributed by atoms with Gasteiger partial charge in [0, 0.05) is 11.5 Å². The van der Waals surface area contributed by atoms with Crippen LogP contribution in [0.15, 0.2) is 22.7 Å². The summed E-state index contributed by atoms with van der Waals surface area (Å²) in [5.41, 5.74) is 0.502. The van der Waals surface area contributed by atoms with Crippen molar-refractivity contribution in [3.63, 3.8) is 0 Å². The third-order valence-electron chi connectivity index (χ3n) is 3.17. The molecule has 1 N–H and O–H groups in total. The smallest absolute Gasteiger partial charge is 0.407 e. The topological polar surface area (TPSA) is 99.9 Å². The second-order valence-electron chi connectivity index (χ2n) is 6.55. The summed E-state index contributed by atoms with van der Waals surface area (Å²) in [7, 11) is 0. The lowest BCUT2D eigenvalue weighted by molar-refractivity contribution is -0.142. The van der Waals surface area contributed by atoms with E-state index in [-0.39, 0.29) is 19.0 Å². The molecule has 0 bridgehead atoms. The lowest BCUT2D eigenvalue weighted by Crippen LogP contribution is -2.34. The molecule has 26 heavy (non-hydrogen) atoms. The van der Waals surface area contributed by atoms with Gasteiger partial charge in [0.2, 0.25) is 0 Å². The number of aromatic nitrogens is 1. The maximum atomic E-state index is 11.6. The van der Waals surface area contributed by atoms with Crippen molar-refractivity contribution in [2.75, 3.05) is 19.8 Å². The second-order valence-corrected chi connectivity index (χ2v) is 6.55. The van der Waals surface area contributed by atoms with E-state index in [1.54, 1.807) is 45.9 Å². The van der Waals surface area contributed by atoms with E-state index in [4.69, 9.17) is 18.7 Å². The highest BCUT2D eigenvalue weighted by Crippen LogP contribution is 2.24. The first kappa shape index (κ1) is 19.6. The number of alkyl carbamates (subject to hydrolysis) is 1. The number of ether oxygens (including phenoxy) is 3. The van der Waals surface area contributed by atoms with Gasteiger partial charge in [0.05, 0.1) is 19.6 Å². The number of nitrogens with one attached hydrogen (secondary N) is 1. The van der Waals surface area contributed by atoms with Crippen LogP contribution in [0, 0.1) is 0 Å². The Balaban J connectivity index is 1.86. The van der Waals surface area contributed by atoms with Crippen molar-refractivity contribution in [1.82, 2.24) is 10.5 Å². The zero-order valence-corrected chi connectivity index (χ0v) is 15.5. The molecule has 0 atom stereocenters. The first-order chi connectivity index (χ1) is 12.3. The molecular formula is C18H24N2O6. The highest BCUT2D eigenvalue weighted by molar-refractivity contribution is 5.85. The van der Waals surface area contributed by atoms with E-state index in [0.717, 1.165) is 5.39 Å². The van der Waals surface area contributed by atoms with Gasteiger partial charge in [-0.15, -0.1) is 0 Å². The first-order valence-corrected chi connectivity index (χ1v) is 8.42. The Hall–Kier alpha value is -2.77. The van der Waals surface area contributed by atoms with Crippen molar-refractivity contribution in [3.8, 4) is 5.75 Å². The van der Waals surface area contributed by atoms with Gasteiger partial charge in [0.25, 0.3) is 0 Å². The van der Waals surface area contributed by atoms with E-state index in [1.165, 1.54) is 0 Å². The minimum Gasteiger partial charge on any atom is -0.492 e. The van der Waals surface area contributed by atoms with Crippen molar-refractivity contribution >= 4 is 23.0 Å². The normalized spacial score (nSPS) is 11.2. The number of hydrogen-bond donors (Lipinski definition) is 1. The average molecular weight is 364 g/mol. The highest BCUT2D eigenvalue weighted by atomic mass is 16.6. The molecule has 0 fully saturated rings. The van der Waals surface area contributed by atoms with Gasteiger partial charge in [-0.05, 0) is 39.8 Å². The Morgan fingerprint density at radius 3 is 2.73 bits per heavy atom. The maximum absolute atomic E-state index is 11.6. The van der Waals surface area contributed by atoms with Crippen LogP contribution < -0.4 is 10.1 Å². The number of amides is 1. The molecule has 142 valence electrons. The van der Waals surface area contributed by atoms with Gasteiger partial charge in [0.15, 0.2) is 5.58 Å². The Labute approximate surface area is 151 Å². The first-order valence-electron chi connectivity index (χ1n) is 8.42. The second kappa shape index (κ2) is 8.55. The predicted octanol–water partition coefficient (Wildman–Crippen LogP) is 2.84. The van der Waals surface area contributed by atoms with Crippen molar-refractivity contribution in [3.05, 3.63) is 23.9 Å². The summed E-state index contributed by atoms with van der Waals surface area (Å²) in [6.07, 6.45) is -0.434. The maximum Gasteiger partial charge on any atom is 0.407 e. The fourth-order valence-electron chi connectivity index (χ4n) is 2.17. The molecule has 1 aromatic carbocycles. The van der Waals surface area contributed by atoms with Gasteiger partial charge >= 0.3 is 12.1 Å². The van der Waals surface area contributed by atoms with Crippen molar-refractivity contribution in [1.29, 1.82) is 0 Å². The van der Waals surface area contributed by atoms with E-state index in [1.807, 2.05) is 0 Å². The summed E-state index contributed by atoms with van der Waals surface area (Å²) in [6, 6.07) is 5.21. The van der Waals surface area contributed by atoms with Crippen LogP contribution in [0.4, 0.5) is 4.79 Å². The average Bonchev–Trinajstić information content (AvgIpc) is 2.92. The number of carbonyl (C=O) groups is 2. The van der Waals surface area contributed by atoms with E-state index >= 15 is 0 Å². The minimum atomic E-state index is -0.538. The van der Waals surface area contributed by atoms with Gasteiger partial charge in [-0.2, -0.15) is 0 Å². The molecule has 8 nitrogen and oxygen atoms in total. The van der Waals surface area contributed by atoms with Gasteiger partial charge in [-0.25, -0.2) is 4.79 Å². The van der Waals surface area contributed by atoms with Crippen LogP contribution >= 0.6 is 0 Å². The van der Waals surface area contributed by atoms with E-state index in [2.05, 4.69) is 10.5 Å². The fourth-order valence-corrected chi connectivity index (χ4v) is 2.17. The van der Waals surface area contributed by atoms with E-state index in [0.29, 0.717) is 30.2 Å². The molecule has 1 amide bonds. The molecular weight excluding hydrogens is 340 g/mol. The van der Waals surface area contributed by atoms with Crippen LogP contribution in [0.2, 0.25) is 0 Å². The number of fused-ring (bicyclic) bond motifs is 1. The van der Waals surface area contributed by atoms with Crippen LogP contribution in [-0.2, 0) is 20.7 Å². The molecule has 0 saturated carbocycles. The third kappa shape index (κ3) is 5.94. The van der Waals surface area contributed by atoms with E-state index < -0.39 is 11.7 Å². The zero-order chi connectivity index (χ0) is 19.2. The summed E-state index contributed by atoms with van der Waals surface area (Å²) >= 11 is 0. The van der Waals surface area contributed by atoms with Gasteiger partial charge in [0.1, 0.15) is 23.7 Å². The van der Waals surface area contributed by atoms with Crippen molar-refractivity contribution in [2.24, 2.45) is 0 Å². The van der Waals surface area contributed by atoms with Crippen molar-refractivity contribution in [2.45, 2.75) is 39.7 Å². The molecule has 8 heteroatoms. The Morgan fingerprint density at radius 1 is 1.27 bits per heavy atom. The summed E-state index contributed by atoms with van der Waals surface area (Å²) < 4.78 is 20.9. The number of esters is 1. The standard InChI is InChI=1S/C18H24N2O6/c1-5-23-16(21)11-14-13-7-6-12(10-15(13)26-20-14)24-9-8-19-17(22)25-18(2,3)4/h6-7,10H,5,8-9,11H2,1-4H3,(H,19,22). The van der Waals surface area contributed by atoms with Crippen LogP contribution in [0.5, 0.6) is 5.75 Å². The third-order valence-corrected chi connectivity index (χ3v) is 3.17. The molecule has 0 unspecified atom stereocenters. The zero-order valence-electron chi connectivity index (χ0n) is 15.5. The van der Waals surface area contributed by atoms with Crippen LogP contribution in [0.25, 0.3) is 11.0 Å². The molecule has 0 aliphatic rings.